The molecule has 0 aliphatic carbocycles. The number of carbonyl (C=O) groups is 2. The highest BCUT2D eigenvalue weighted by Crippen LogP contribution is 2.29. The number of piperidine rings is 1. The first-order valence-corrected chi connectivity index (χ1v) is 15.0. The molecule has 3 N–H and O–H groups in total. The Bertz CT molecular complexity index is 1660. The molecule has 2 fully saturated rings. The summed E-state index contributed by atoms with van der Waals surface area (Å²) in [6, 6.07) is 5.62. The van der Waals surface area contributed by atoms with Crippen LogP contribution in [0.5, 0.6) is 5.75 Å². The van der Waals surface area contributed by atoms with E-state index in [2.05, 4.69) is 44.6 Å². The summed E-state index contributed by atoms with van der Waals surface area (Å²) in [5.74, 6) is 4.27. The SMILES string of the molecule is CNC(=O)c1cc(NCC#Cc2cc(C(=O)N[C@H]3CCN([C@H]4CCOC4)C[C@@H]3C)c3ncn(CC(F)(F)F)c3c2)c(OC)cc1F. The number of rotatable bonds is 8. The normalized spacial score (nSPS) is 20.2. The van der Waals surface area contributed by atoms with Crippen LogP contribution in [0, 0.1) is 23.6 Å². The Balaban J connectivity index is 1.37. The number of likely N-dealkylation sites (tertiary alicyclic amines) is 1. The summed E-state index contributed by atoms with van der Waals surface area (Å²) in [5, 5.41) is 8.43. The number of anilines is 1. The molecule has 0 spiro atoms. The minimum atomic E-state index is -4.50. The number of imidazole rings is 1. The van der Waals surface area contributed by atoms with Crippen LogP contribution in [0.15, 0.2) is 30.6 Å². The van der Waals surface area contributed by atoms with Gasteiger partial charge in [-0.15, -0.1) is 0 Å². The van der Waals surface area contributed by atoms with Gasteiger partial charge in [0.05, 0.1) is 48.9 Å². The molecule has 46 heavy (non-hydrogen) atoms. The molecular weight excluding hydrogens is 608 g/mol. The molecule has 0 bridgehead atoms. The van der Waals surface area contributed by atoms with E-state index >= 15 is 0 Å². The van der Waals surface area contributed by atoms with E-state index in [0.717, 1.165) is 49.5 Å². The third kappa shape index (κ3) is 7.54. The lowest BCUT2D eigenvalue weighted by Crippen LogP contribution is -2.52. The van der Waals surface area contributed by atoms with Crippen molar-refractivity contribution in [3.8, 4) is 17.6 Å². The Morgan fingerprint density at radius 2 is 1.96 bits per heavy atom. The number of amides is 2. The Hall–Kier alpha value is -4.35. The van der Waals surface area contributed by atoms with Crippen molar-refractivity contribution >= 4 is 28.5 Å². The van der Waals surface area contributed by atoms with Crippen molar-refractivity contribution in [3.63, 3.8) is 0 Å². The Morgan fingerprint density at radius 1 is 1.15 bits per heavy atom. The van der Waals surface area contributed by atoms with E-state index in [1.54, 1.807) is 0 Å². The number of halogens is 4. The number of ether oxygens (including phenoxy) is 2. The van der Waals surface area contributed by atoms with Crippen LogP contribution in [0.4, 0.5) is 23.2 Å². The maximum absolute atomic E-state index is 14.3. The summed E-state index contributed by atoms with van der Waals surface area (Å²) in [6.07, 6.45) is -1.71. The molecule has 0 unspecified atom stereocenters. The summed E-state index contributed by atoms with van der Waals surface area (Å²) in [4.78, 5) is 32.2. The van der Waals surface area contributed by atoms with Crippen LogP contribution in [0.3, 0.4) is 0 Å². The molecule has 10 nitrogen and oxygen atoms in total. The second-order valence-corrected chi connectivity index (χ2v) is 11.5. The monoisotopic (exact) mass is 644 g/mol. The van der Waals surface area contributed by atoms with Crippen molar-refractivity contribution < 1.29 is 36.6 Å². The van der Waals surface area contributed by atoms with Crippen LogP contribution in [-0.2, 0) is 11.3 Å². The molecule has 2 saturated heterocycles. The molecular formula is C32H36F4N6O4. The fraction of sp³-hybridized carbons (Fsp3) is 0.469. The van der Waals surface area contributed by atoms with Crippen LogP contribution in [0.25, 0.3) is 11.0 Å². The highest BCUT2D eigenvalue weighted by Gasteiger charge is 2.33. The smallest absolute Gasteiger partial charge is 0.406 e. The molecule has 3 atom stereocenters. The first-order chi connectivity index (χ1) is 22.0. The number of nitrogens with zero attached hydrogens (tertiary/aromatic N) is 3. The first-order valence-electron chi connectivity index (χ1n) is 15.0. The van der Waals surface area contributed by atoms with E-state index in [0.29, 0.717) is 23.9 Å². The number of hydrogen-bond acceptors (Lipinski definition) is 7. The van der Waals surface area contributed by atoms with Crippen LogP contribution in [-0.4, -0.2) is 91.5 Å². The molecule has 5 rings (SSSR count). The number of carbonyl (C=O) groups excluding carboxylic acids is 2. The minimum Gasteiger partial charge on any atom is -0.494 e. The van der Waals surface area contributed by atoms with Gasteiger partial charge in [-0.3, -0.25) is 14.5 Å². The number of aromatic nitrogens is 2. The molecule has 0 radical (unpaired) electrons. The Labute approximate surface area is 263 Å². The fourth-order valence-corrected chi connectivity index (χ4v) is 5.96. The predicted octanol–water partition coefficient (Wildman–Crippen LogP) is 3.80. The van der Waals surface area contributed by atoms with Gasteiger partial charge in [0.15, 0.2) is 0 Å². The molecule has 2 aliphatic rings. The summed E-state index contributed by atoms with van der Waals surface area (Å²) in [5.41, 5.74) is 0.842. The van der Waals surface area contributed by atoms with Crippen LogP contribution >= 0.6 is 0 Å². The van der Waals surface area contributed by atoms with Crippen LogP contribution in [0.2, 0.25) is 0 Å². The van der Waals surface area contributed by atoms with Crippen molar-refractivity contribution in [2.75, 3.05) is 52.3 Å². The quantitative estimate of drug-likeness (QED) is 0.253. The van der Waals surface area contributed by atoms with Gasteiger partial charge in [0, 0.05) is 50.5 Å². The van der Waals surface area contributed by atoms with E-state index in [-0.39, 0.29) is 46.4 Å². The van der Waals surface area contributed by atoms with Gasteiger partial charge in [-0.1, -0.05) is 18.8 Å². The molecule has 246 valence electrons. The summed E-state index contributed by atoms with van der Waals surface area (Å²) in [7, 11) is 2.73. The van der Waals surface area contributed by atoms with Crippen LogP contribution < -0.4 is 20.7 Å². The summed E-state index contributed by atoms with van der Waals surface area (Å²) >= 11 is 0. The van der Waals surface area contributed by atoms with Crippen molar-refractivity contribution in [1.82, 2.24) is 25.1 Å². The number of hydrogen-bond donors (Lipinski definition) is 3. The number of nitrogens with one attached hydrogen (secondary N) is 3. The highest BCUT2D eigenvalue weighted by atomic mass is 19.4. The van der Waals surface area contributed by atoms with Crippen LogP contribution in [0.1, 0.15) is 46.0 Å². The molecule has 1 aromatic heterocycles. The molecule has 3 heterocycles. The average molecular weight is 645 g/mol. The molecule has 14 heteroatoms. The molecule has 2 amide bonds. The van der Waals surface area contributed by atoms with Gasteiger partial charge in [0.25, 0.3) is 11.8 Å². The van der Waals surface area contributed by atoms with Crippen molar-refractivity contribution in [2.45, 2.75) is 44.6 Å². The third-order valence-electron chi connectivity index (χ3n) is 8.36. The van der Waals surface area contributed by atoms with Gasteiger partial charge in [0.1, 0.15) is 23.6 Å². The molecule has 0 saturated carbocycles. The zero-order valence-corrected chi connectivity index (χ0v) is 25.8. The lowest BCUT2D eigenvalue weighted by atomic mass is 9.92. The van der Waals surface area contributed by atoms with E-state index < -0.39 is 30.4 Å². The zero-order valence-electron chi connectivity index (χ0n) is 25.8. The topological polar surface area (TPSA) is 110 Å². The Morgan fingerprint density at radius 3 is 2.63 bits per heavy atom. The van der Waals surface area contributed by atoms with E-state index in [9.17, 15) is 27.2 Å². The van der Waals surface area contributed by atoms with Crippen molar-refractivity contribution in [2.24, 2.45) is 5.92 Å². The van der Waals surface area contributed by atoms with Gasteiger partial charge >= 0.3 is 6.18 Å². The average Bonchev–Trinajstić information content (AvgIpc) is 3.70. The molecule has 2 aromatic carbocycles. The number of alkyl halides is 3. The highest BCUT2D eigenvalue weighted by molar-refractivity contribution is 6.05. The largest absolute Gasteiger partial charge is 0.494 e. The summed E-state index contributed by atoms with van der Waals surface area (Å²) in [6.45, 7) is 3.88. The lowest BCUT2D eigenvalue weighted by molar-refractivity contribution is -0.140. The van der Waals surface area contributed by atoms with E-state index in [4.69, 9.17) is 9.47 Å². The molecule has 3 aromatic rings. The third-order valence-corrected chi connectivity index (χ3v) is 8.36. The van der Waals surface area contributed by atoms with E-state index in [1.165, 1.54) is 32.4 Å². The molecule has 2 aliphatic heterocycles. The number of methoxy groups -OCH3 is 1. The van der Waals surface area contributed by atoms with Gasteiger partial charge in [0.2, 0.25) is 0 Å². The summed E-state index contributed by atoms with van der Waals surface area (Å²) < 4.78 is 66.1. The maximum atomic E-state index is 14.3. The lowest BCUT2D eigenvalue weighted by Gasteiger charge is -2.39. The predicted molar refractivity (Wildman–Crippen MR) is 163 cm³/mol. The zero-order chi connectivity index (χ0) is 33.0. The Kier molecular flexibility index (Phi) is 10.0. The second-order valence-electron chi connectivity index (χ2n) is 11.5. The maximum Gasteiger partial charge on any atom is 0.406 e. The van der Waals surface area contributed by atoms with Gasteiger partial charge < -0.3 is 30.0 Å². The van der Waals surface area contributed by atoms with E-state index in [1.807, 2.05) is 0 Å². The van der Waals surface area contributed by atoms with Crippen molar-refractivity contribution in [1.29, 1.82) is 0 Å². The van der Waals surface area contributed by atoms with Gasteiger partial charge in [-0.05, 0) is 37.0 Å². The fourth-order valence-electron chi connectivity index (χ4n) is 5.96. The number of benzene rings is 2. The van der Waals surface area contributed by atoms with Gasteiger partial charge in [-0.2, -0.15) is 13.2 Å². The number of fused-ring (bicyclic) bond motifs is 1. The standard InChI is InChI=1S/C32H36F4N6O4/c1-19-15-41(21-7-10-46-16-21)9-6-25(19)40-31(44)23-11-20(12-27-29(23)39-18-42(27)17-32(34,35)36)5-4-8-38-26-13-22(30(43)37-2)24(33)14-28(26)45-3/h11-14,18-19,21,25,38H,6-10,15-17H2,1-3H3,(H,37,43)(H,40,44)/t19-,21-,25-/m0/s1. The minimum absolute atomic E-state index is 0.0126. The van der Waals surface area contributed by atoms with Crippen molar-refractivity contribution in [3.05, 3.63) is 53.1 Å². The first kappa shape index (κ1) is 33.0. The van der Waals surface area contributed by atoms with Gasteiger partial charge in [-0.25, -0.2) is 9.37 Å². The second kappa shape index (κ2) is 14.0.